The van der Waals surface area contributed by atoms with Crippen molar-refractivity contribution in [2.45, 2.75) is 44.8 Å². The van der Waals surface area contributed by atoms with Crippen molar-refractivity contribution < 1.29 is 19.3 Å². The summed E-state index contributed by atoms with van der Waals surface area (Å²) in [5.41, 5.74) is -0.504. The van der Waals surface area contributed by atoms with E-state index in [0.717, 1.165) is 19.3 Å². The number of hydrogen-bond donors (Lipinski definition) is 1. The summed E-state index contributed by atoms with van der Waals surface area (Å²) in [6.07, 6.45) is 8.06. The number of ether oxygens (including phenoxy) is 3. The van der Waals surface area contributed by atoms with Gasteiger partial charge in [0.1, 0.15) is 12.2 Å². The zero-order valence-corrected chi connectivity index (χ0v) is 11.5. The molecule has 1 aliphatic heterocycles. The van der Waals surface area contributed by atoms with E-state index in [4.69, 9.17) is 14.2 Å². The van der Waals surface area contributed by atoms with Crippen molar-refractivity contribution in [2.24, 2.45) is 0 Å². The fraction of sp³-hybridized carbons (Fsp3) is 0.714. The monoisotopic (exact) mass is 256 g/mol. The molecule has 0 fully saturated rings. The average Bonchev–Trinajstić information content (AvgIpc) is 2.43. The van der Waals surface area contributed by atoms with Crippen LogP contribution in [0.3, 0.4) is 0 Å². The van der Waals surface area contributed by atoms with E-state index >= 15 is 0 Å². The summed E-state index contributed by atoms with van der Waals surface area (Å²) in [5, 5.41) is 9.52. The van der Waals surface area contributed by atoms with E-state index in [1.54, 1.807) is 13.2 Å². The van der Waals surface area contributed by atoms with Crippen molar-refractivity contribution in [2.75, 3.05) is 20.3 Å². The van der Waals surface area contributed by atoms with Crippen LogP contribution in [0, 0.1) is 0 Å². The molecule has 0 spiro atoms. The second-order valence-corrected chi connectivity index (χ2v) is 4.63. The van der Waals surface area contributed by atoms with Crippen molar-refractivity contribution in [3.8, 4) is 0 Å². The molecular formula is C14H24O4. The first-order chi connectivity index (χ1) is 8.66. The minimum Gasteiger partial charge on any atom is -0.461 e. The van der Waals surface area contributed by atoms with Crippen LogP contribution >= 0.6 is 0 Å². The Bertz CT molecular complexity index is 298. The van der Waals surface area contributed by atoms with Gasteiger partial charge in [-0.15, -0.1) is 0 Å². The van der Waals surface area contributed by atoms with Gasteiger partial charge in [0.15, 0.2) is 6.10 Å². The Morgan fingerprint density at radius 1 is 1.56 bits per heavy atom. The molecule has 4 heteroatoms. The third-order valence-electron chi connectivity index (χ3n) is 3.29. The van der Waals surface area contributed by atoms with E-state index in [1.807, 2.05) is 19.1 Å². The number of rotatable bonds is 8. The highest BCUT2D eigenvalue weighted by atomic mass is 16.7. The quantitative estimate of drug-likeness (QED) is 0.724. The van der Waals surface area contributed by atoms with Gasteiger partial charge in [-0.2, -0.15) is 0 Å². The summed E-state index contributed by atoms with van der Waals surface area (Å²) < 4.78 is 16.6. The first-order valence-corrected chi connectivity index (χ1v) is 6.48. The third-order valence-corrected chi connectivity index (χ3v) is 3.29. The van der Waals surface area contributed by atoms with Crippen LogP contribution in [0.15, 0.2) is 24.2 Å². The van der Waals surface area contributed by atoms with Gasteiger partial charge in [0, 0.05) is 13.2 Å². The molecule has 0 saturated heterocycles. The van der Waals surface area contributed by atoms with E-state index < -0.39 is 11.7 Å². The van der Waals surface area contributed by atoms with Crippen LogP contribution in [-0.4, -0.2) is 37.1 Å². The molecule has 2 atom stereocenters. The minimum atomic E-state index is -0.504. The Hall–Kier alpha value is -1.00. The maximum Gasteiger partial charge on any atom is 0.279 e. The van der Waals surface area contributed by atoms with Crippen LogP contribution < -0.4 is 0 Å². The Kier molecular flexibility index (Phi) is 6.22. The van der Waals surface area contributed by atoms with Gasteiger partial charge >= 0.3 is 0 Å². The van der Waals surface area contributed by atoms with Crippen LogP contribution in [0.4, 0.5) is 0 Å². The lowest BCUT2D eigenvalue weighted by molar-refractivity contribution is -0.145. The number of hydrogen-bond acceptors (Lipinski definition) is 4. The zero-order chi connectivity index (χ0) is 13.4. The van der Waals surface area contributed by atoms with E-state index in [0.29, 0.717) is 12.6 Å². The summed E-state index contributed by atoms with van der Waals surface area (Å²) >= 11 is 0. The molecule has 0 aromatic rings. The van der Waals surface area contributed by atoms with E-state index in [9.17, 15) is 5.11 Å². The summed E-state index contributed by atoms with van der Waals surface area (Å²) in [5.74, 6) is 0.441. The lowest BCUT2D eigenvalue weighted by Crippen LogP contribution is -2.45. The number of aliphatic hydroxyl groups is 1. The molecule has 4 nitrogen and oxygen atoms in total. The van der Waals surface area contributed by atoms with Crippen LogP contribution in [0.2, 0.25) is 0 Å². The molecular weight excluding hydrogens is 232 g/mol. The number of unbranched alkanes of at least 4 members (excludes halogenated alkanes) is 1. The Balaban J connectivity index is 2.66. The summed E-state index contributed by atoms with van der Waals surface area (Å²) in [4.78, 5) is 0. The van der Waals surface area contributed by atoms with Crippen molar-refractivity contribution in [1.29, 1.82) is 0 Å². The molecule has 1 rings (SSSR count). The zero-order valence-electron chi connectivity index (χ0n) is 11.5. The number of methoxy groups -OCH3 is 1. The highest BCUT2D eigenvalue weighted by molar-refractivity contribution is 5.08. The minimum absolute atomic E-state index is 0.0987. The molecule has 1 heterocycles. The molecule has 1 unspecified atom stereocenters. The van der Waals surface area contributed by atoms with Crippen molar-refractivity contribution in [3.05, 3.63) is 24.2 Å². The van der Waals surface area contributed by atoms with Gasteiger partial charge in [-0.1, -0.05) is 25.8 Å². The first-order valence-electron chi connectivity index (χ1n) is 6.48. The molecule has 0 radical (unpaired) electrons. The van der Waals surface area contributed by atoms with Gasteiger partial charge in [-0.25, -0.2) is 0 Å². The summed E-state index contributed by atoms with van der Waals surface area (Å²) in [6.45, 7) is 4.49. The molecule has 0 amide bonds. The smallest absolute Gasteiger partial charge is 0.279 e. The fourth-order valence-electron chi connectivity index (χ4n) is 1.87. The Morgan fingerprint density at radius 2 is 2.33 bits per heavy atom. The predicted octanol–water partition coefficient (Wildman–Crippen LogP) is 2.39. The van der Waals surface area contributed by atoms with Crippen LogP contribution in [-0.2, 0) is 14.2 Å². The molecule has 104 valence electrons. The summed E-state index contributed by atoms with van der Waals surface area (Å²) in [7, 11) is 1.65. The lowest BCUT2D eigenvalue weighted by Gasteiger charge is -2.36. The van der Waals surface area contributed by atoms with Gasteiger partial charge in [0.2, 0.25) is 0 Å². The molecule has 0 saturated carbocycles. The van der Waals surface area contributed by atoms with Gasteiger partial charge in [0.05, 0.1) is 6.61 Å². The normalized spacial score (nSPS) is 19.7. The predicted molar refractivity (Wildman–Crippen MR) is 70.1 cm³/mol. The molecule has 1 aliphatic rings. The van der Waals surface area contributed by atoms with E-state index in [-0.39, 0.29) is 6.61 Å². The molecule has 0 aliphatic carbocycles. The average molecular weight is 256 g/mol. The third kappa shape index (κ3) is 4.03. The number of aliphatic hydroxyl groups excluding tert-OH is 1. The summed E-state index contributed by atoms with van der Waals surface area (Å²) in [6, 6.07) is 0. The molecule has 0 aromatic carbocycles. The van der Waals surface area contributed by atoms with Crippen molar-refractivity contribution in [1.82, 2.24) is 0 Å². The maximum absolute atomic E-state index is 9.52. The van der Waals surface area contributed by atoms with E-state index in [2.05, 4.69) is 6.92 Å². The topological polar surface area (TPSA) is 47.9 Å². The SMILES string of the molecule is CCCC[C@@](C)(OC)C(CO)OC1=CC=CCO1. The maximum atomic E-state index is 9.52. The van der Waals surface area contributed by atoms with Crippen LogP contribution in [0.5, 0.6) is 0 Å². The molecule has 1 N–H and O–H groups in total. The van der Waals surface area contributed by atoms with Crippen molar-refractivity contribution >= 4 is 0 Å². The first kappa shape index (κ1) is 15.1. The fourth-order valence-corrected chi connectivity index (χ4v) is 1.87. The highest BCUT2D eigenvalue weighted by Gasteiger charge is 2.36. The van der Waals surface area contributed by atoms with Gasteiger partial charge < -0.3 is 19.3 Å². The largest absolute Gasteiger partial charge is 0.461 e. The Morgan fingerprint density at radius 3 is 2.83 bits per heavy atom. The van der Waals surface area contributed by atoms with Gasteiger partial charge in [-0.3, -0.25) is 0 Å². The van der Waals surface area contributed by atoms with Crippen molar-refractivity contribution in [3.63, 3.8) is 0 Å². The van der Waals surface area contributed by atoms with Crippen LogP contribution in [0.25, 0.3) is 0 Å². The van der Waals surface area contributed by atoms with E-state index in [1.165, 1.54) is 0 Å². The molecule has 0 aromatic heterocycles. The second-order valence-electron chi connectivity index (χ2n) is 4.63. The standard InChI is InChI=1S/C14H24O4/c1-4-5-9-14(2,16-3)12(11-15)18-13-8-6-7-10-17-13/h6-8,12,15H,4-5,9-11H2,1-3H3/t12?,14-/m1/s1. The molecule has 18 heavy (non-hydrogen) atoms. The van der Waals surface area contributed by atoms with Crippen LogP contribution in [0.1, 0.15) is 33.1 Å². The number of allylic oxidation sites excluding steroid dienone is 2. The Labute approximate surface area is 109 Å². The second kappa shape index (κ2) is 7.44. The van der Waals surface area contributed by atoms with Gasteiger partial charge in [-0.05, 0) is 19.4 Å². The highest BCUT2D eigenvalue weighted by Crippen LogP contribution is 2.26. The molecule has 0 bridgehead atoms. The van der Waals surface area contributed by atoms with Gasteiger partial charge in [0.25, 0.3) is 5.95 Å². The lowest BCUT2D eigenvalue weighted by atomic mass is 9.92.